The van der Waals surface area contributed by atoms with E-state index in [1.165, 1.54) is 23.5 Å². The summed E-state index contributed by atoms with van der Waals surface area (Å²) in [6, 6.07) is 14.1. The number of methoxy groups -OCH3 is 1. The molecule has 3 rings (SSSR count). The van der Waals surface area contributed by atoms with E-state index in [2.05, 4.69) is 4.98 Å². The lowest BCUT2D eigenvalue weighted by Gasteiger charge is -2.01. The molecule has 3 aromatic rings. The quantitative estimate of drug-likeness (QED) is 0.529. The van der Waals surface area contributed by atoms with Crippen LogP contribution in [0.15, 0.2) is 53.9 Å². The van der Waals surface area contributed by atoms with Crippen molar-refractivity contribution in [2.45, 2.75) is 0 Å². The van der Waals surface area contributed by atoms with E-state index in [0.29, 0.717) is 0 Å². The van der Waals surface area contributed by atoms with Crippen LogP contribution in [0.5, 0.6) is 5.75 Å². The third-order valence-corrected chi connectivity index (χ3v) is 4.09. The number of thiazole rings is 1. The lowest BCUT2D eigenvalue weighted by Crippen LogP contribution is -1.87. The Kier molecular flexibility index (Phi) is 3.84. The topological polar surface area (TPSA) is 65.3 Å². The van der Waals surface area contributed by atoms with E-state index in [9.17, 15) is 10.1 Å². The molecule has 0 spiro atoms. The van der Waals surface area contributed by atoms with Crippen molar-refractivity contribution in [3.8, 4) is 27.6 Å². The lowest BCUT2D eigenvalue weighted by molar-refractivity contribution is -0.384. The number of aromatic nitrogens is 1. The Balaban J connectivity index is 1.91. The molecule has 0 saturated carbocycles. The zero-order valence-corrected chi connectivity index (χ0v) is 12.5. The summed E-state index contributed by atoms with van der Waals surface area (Å²) in [7, 11) is 1.63. The Morgan fingerprint density at radius 3 is 2.59 bits per heavy atom. The van der Waals surface area contributed by atoms with Crippen LogP contribution >= 0.6 is 11.3 Å². The Morgan fingerprint density at radius 1 is 1.14 bits per heavy atom. The molecule has 1 aromatic heterocycles. The molecule has 0 saturated heterocycles. The molecule has 0 amide bonds. The Labute approximate surface area is 131 Å². The molecule has 0 fully saturated rings. The van der Waals surface area contributed by atoms with Crippen LogP contribution in [0.3, 0.4) is 0 Å². The molecule has 0 atom stereocenters. The van der Waals surface area contributed by atoms with Gasteiger partial charge >= 0.3 is 0 Å². The minimum atomic E-state index is -0.410. The van der Waals surface area contributed by atoms with Crippen molar-refractivity contribution in [3.63, 3.8) is 0 Å². The smallest absolute Gasteiger partial charge is 0.269 e. The molecule has 0 aliphatic rings. The molecule has 6 heteroatoms. The summed E-state index contributed by atoms with van der Waals surface area (Å²) in [5.74, 6) is 0.782. The normalized spacial score (nSPS) is 10.4. The number of ether oxygens (including phenoxy) is 1. The largest absolute Gasteiger partial charge is 0.497 e. The van der Waals surface area contributed by atoms with Crippen molar-refractivity contribution in [1.82, 2.24) is 4.98 Å². The third-order valence-electron chi connectivity index (χ3n) is 3.19. The van der Waals surface area contributed by atoms with Gasteiger partial charge in [0.2, 0.25) is 0 Å². The van der Waals surface area contributed by atoms with E-state index < -0.39 is 4.92 Å². The van der Waals surface area contributed by atoms with Crippen molar-refractivity contribution < 1.29 is 9.66 Å². The van der Waals surface area contributed by atoms with Crippen LogP contribution in [0.4, 0.5) is 5.69 Å². The summed E-state index contributed by atoms with van der Waals surface area (Å²) in [6.07, 6.45) is 0. The number of nitro groups is 1. The van der Waals surface area contributed by atoms with Crippen LogP contribution in [0, 0.1) is 10.1 Å². The highest BCUT2D eigenvalue weighted by Gasteiger charge is 2.09. The molecule has 1 heterocycles. The van der Waals surface area contributed by atoms with Gasteiger partial charge in [-0.3, -0.25) is 10.1 Å². The molecule has 22 heavy (non-hydrogen) atoms. The van der Waals surface area contributed by atoms with E-state index in [1.807, 2.05) is 29.6 Å². The van der Waals surface area contributed by atoms with Crippen molar-refractivity contribution >= 4 is 17.0 Å². The maximum atomic E-state index is 10.7. The lowest BCUT2D eigenvalue weighted by atomic mass is 10.1. The molecule has 0 aliphatic heterocycles. The molecule has 0 unspecified atom stereocenters. The fourth-order valence-corrected chi connectivity index (χ4v) is 2.88. The van der Waals surface area contributed by atoms with Gasteiger partial charge in [-0.15, -0.1) is 11.3 Å². The van der Waals surface area contributed by atoms with Crippen molar-refractivity contribution in [2.24, 2.45) is 0 Å². The van der Waals surface area contributed by atoms with Crippen molar-refractivity contribution in [3.05, 3.63) is 64.0 Å². The van der Waals surface area contributed by atoms with E-state index in [1.54, 1.807) is 19.2 Å². The van der Waals surface area contributed by atoms with Gasteiger partial charge in [-0.25, -0.2) is 4.98 Å². The molecule has 0 N–H and O–H groups in total. The monoisotopic (exact) mass is 312 g/mol. The van der Waals surface area contributed by atoms with Gasteiger partial charge in [0.15, 0.2) is 0 Å². The second kappa shape index (κ2) is 5.95. The maximum absolute atomic E-state index is 10.7. The number of benzene rings is 2. The Morgan fingerprint density at radius 2 is 1.91 bits per heavy atom. The van der Waals surface area contributed by atoms with Gasteiger partial charge in [-0.1, -0.05) is 12.1 Å². The summed E-state index contributed by atoms with van der Waals surface area (Å²) in [5, 5.41) is 13.5. The first kappa shape index (κ1) is 14.2. The van der Waals surface area contributed by atoms with Crippen molar-refractivity contribution in [2.75, 3.05) is 7.11 Å². The molecule has 0 aliphatic carbocycles. The van der Waals surface area contributed by atoms with Crippen LogP contribution in [-0.4, -0.2) is 17.0 Å². The average Bonchev–Trinajstić information content (AvgIpc) is 3.05. The zero-order valence-electron chi connectivity index (χ0n) is 11.7. The van der Waals surface area contributed by atoms with Crippen LogP contribution in [0.1, 0.15) is 0 Å². The number of non-ortho nitro benzene ring substituents is 1. The minimum Gasteiger partial charge on any atom is -0.497 e. The second-order valence-electron chi connectivity index (χ2n) is 4.57. The summed E-state index contributed by atoms with van der Waals surface area (Å²) in [6.45, 7) is 0. The number of rotatable bonds is 4. The second-order valence-corrected chi connectivity index (χ2v) is 5.43. The molecule has 0 radical (unpaired) electrons. The fraction of sp³-hybridized carbons (Fsp3) is 0.0625. The predicted octanol–water partition coefficient (Wildman–Crippen LogP) is 4.39. The van der Waals surface area contributed by atoms with Gasteiger partial charge in [-0.05, 0) is 24.3 Å². The standard InChI is InChI=1S/C16H12N2O3S/c1-21-14-4-2-3-12(9-14)16-17-15(10-22-16)11-5-7-13(8-6-11)18(19)20/h2-10H,1H3. The Hall–Kier alpha value is -2.73. The predicted molar refractivity (Wildman–Crippen MR) is 86.2 cm³/mol. The molecular formula is C16H12N2O3S. The van der Waals surface area contributed by atoms with E-state index in [4.69, 9.17) is 4.74 Å². The minimum absolute atomic E-state index is 0.0759. The van der Waals surface area contributed by atoms with Gasteiger partial charge in [0.05, 0.1) is 17.7 Å². The molecule has 5 nitrogen and oxygen atoms in total. The van der Waals surface area contributed by atoms with Crippen LogP contribution < -0.4 is 4.74 Å². The van der Waals surface area contributed by atoms with Crippen LogP contribution in [0.2, 0.25) is 0 Å². The fourth-order valence-electron chi connectivity index (χ4n) is 2.05. The summed E-state index contributed by atoms with van der Waals surface area (Å²) in [4.78, 5) is 14.9. The highest BCUT2D eigenvalue weighted by atomic mass is 32.1. The first-order valence-corrected chi connectivity index (χ1v) is 7.40. The summed E-state index contributed by atoms with van der Waals surface area (Å²) >= 11 is 1.53. The third kappa shape index (κ3) is 2.82. The number of nitrogens with zero attached hydrogens (tertiary/aromatic N) is 2. The summed E-state index contributed by atoms with van der Waals surface area (Å²) < 4.78 is 5.22. The van der Waals surface area contributed by atoms with E-state index in [-0.39, 0.29) is 5.69 Å². The van der Waals surface area contributed by atoms with Gasteiger partial charge in [-0.2, -0.15) is 0 Å². The average molecular weight is 312 g/mol. The molecule has 2 aromatic carbocycles. The SMILES string of the molecule is COc1cccc(-c2nc(-c3ccc([N+](=O)[O-])cc3)cs2)c1. The highest BCUT2D eigenvalue weighted by Crippen LogP contribution is 2.31. The molecular weight excluding hydrogens is 300 g/mol. The van der Waals surface area contributed by atoms with Gasteiger partial charge in [0, 0.05) is 28.6 Å². The number of hydrogen-bond donors (Lipinski definition) is 0. The summed E-state index contributed by atoms with van der Waals surface area (Å²) in [5.41, 5.74) is 2.72. The molecule has 110 valence electrons. The first-order chi connectivity index (χ1) is 10.7. The number of hydrogen-bond acceptors (Lipinski definition) is 5. The maximum Gasteiger partial charge on any atom is 0.269 e. The first-order valence-electron chi connectivity index (χ1n) is 6.52. The van der Waals surface area contributed by atoms with Crippen LogP contribution in [0.25, 0.3) is 21.8 Å². The van der Waals surface area contributed by atoms with Gasteiger partial charge in [0.25, 0.3) is 5.69 Å². The van der Waals surface area contributed by atoms with Crippen molar-refractivity contribution in [1.29, 1.82) is 0 Å². The molecule has 0 bridgehead atoms. The zero-order chi connectivity index (χ0) is 15.5. The van der Waals surface area contributed by atoms with E-state index >= 15 is 0 Å². The van der Waals surface area contributed by atoms with Gasteiger partial charge < -0.3 is 4.74 Å². The number of nitro benzene ring substituents is 1. The van der Waals surface area contributed by atoms with Crippen LogP contribution in [-0.2, 0) is 0 Å². The Bertz CT molecular complexity index is 812. The highest BCUT2D eigenvalue weighted by molar-refractivity contribution is 7.13. The van der Waals surface area contributed by atoms with Gasteiger partial charge in [0.1, 0.15) is 10.8 Å². The van der Waals surface area contributed by atoms with E-state index in [0.717, 1.165) is 27.6 Å².